The summed E-state index contributed by atoms with van der Waals surface area (Å²) in [5.41, 5.74) is 0.429. The van der Waals surface area contributed by atoms with Crippen LogP contribution in [0.4, 0.5) is 13.2 Å². The second-order valence-corrected chi connectivity index (χ2v) is 4.69. The van der Waals surface area contributed by atoms with Gasteiger partial charge in [-0.15, -0.1) is 10.2 Å². The minimum Gasteiger partial charge on any atom is -0.203 e. The first kappa shape index (κ1) is 14.5. The Morgan fingerprint density at radius 1 is 1.05 bits per heavy atom. The third kappa shape index (κ3) is 2.77. The zero-order chi connectivity index (χ0) is 15.7. The van der Waals surface area contributed by atoms with Gasteiger partial charge in [0.25, 0.3) is 5.82 Å². The van der Waals surface area contributed by atoms with Crippen LogP contribution in [0.15, 0.2) is 42.6 Å². The molecule has 112 valence electrons. The molecule has 0 aliphatic rings. The van der Waals surface area contributed by atoms with Gasteiger partial charge in [0.1, 0.15) is 0 Å². The molecular formula is C13H7ClF3N5. The Labute approximate surface area is 127 Å². The van der Waals surface area contributed by atoms with Gasteiger partial charge >= 0.3 is 6.18 Å². The van der Waals surface area contributed by atoms with E-state index in [1.54, 1.807) is 30.3 Å². The Morgan fingerprint density at radius 2 is 1.77 bits per heavy atom. The molecule has 0 aliphatic carbocycles. The van der Waals surface area contributed by atoms with Gasteiger partial charge in [-0.2, -0.15) is 23.0 Å². The Hall–Kier alpha value is -2.48. The molecule has 0 aliphatic heterocycles. The lowest BCUT2D eigenvalue weighted by molar-refractivity contribution is -0.144. The van der Waals surface area contributed by atoms with E-state index in [1.165, 1.54) is 12.3 Å². The number of hydrogen-bond acceptors (Lipinski definition) is 4. The number of aromatic nitrogens is 5. The monoisotopic (exact) mass is 325 g/mol. The molecule has 0 fully saturated rings. The summed E-state index contributed by atoms with van der Waals surface area (Å²) in [4.78, 5) is 3.57. The van der Waals surface area contributed by atoms with Gasteiger partial charge < -0.3 is 0 Å². The zero-order valence-electron chi connectivity index (χ0n) is 10.8. The maximum atomic E-state index is 12.9. The summed E-state index contributed by atoms with van der Waals surface area (Å²) in [5.74, 6) is -1.11. The Kier molecular flexibility index (Phi) is 3.53. The van der Waals surface area contributed by atoms with Crippen LogP contribution in [0.2, 0.25) is 5.02 Å². The highest BCUT2D eigenvalue weighted by molar-refractivity contribution is 6.30. The molecule has 2 heterocycles. The number of alkyl halides is 3. The Balaban J connectivity index is 2.19. The highest BCUT2D eigenvalue weighted by Crippen LogP contribution is 2.30. The fourth-order valence-corrected chi connectivity index (χ4v) is 1.91. The van der Waals surface area contributed by atoms with Crippen LogP contribution in [0, 0.1) is 0 Å². The molecule has 22 heavy (non-hydrogen) atoms. The van der Waals surface area contributed by atoms with Crippen molar-refractivity contribution in [2.45, 2.75) is 6.18 Å². The number of benzene rings is 1. The molecule has 0 saturated heterocycles. The quantitative estimate of drug-likeness (QED) is 0.724. The van der Waals surface area contributed by atoms with E-state index < -0.39 is 12.0 Å². The van der Waals surface area contributed by atoms with Crippen LogP contribution in [0.5, 0.6) is 0 Å². The normalized spacial score (nSPS) is 11.6. The molecule has 0 N–H and O–H groups in total. The molecular weight excluding hydrogens is 319 g/mol. The third-order valence-corrected chi connectivity index (χ3v) is 2.99. The maximum Gasteiger partial charge on any atom is 0.453 e. The van der Waals surface area contributed by atoms with E-state index in [0.29, 0.717) is 10.6 Å². The van der Waals surface area contributed by atoms with Crippen molar-refractivity contribution < 1.29 is 13.2 Å². The van der Waals surface area contributed by atoms with Gasteiger partial charge in [-0.25, -0.2) is 4.98 Å². The fraction of sp³-hybridized carbons (Fsp3) is 0.0769. The number of nitrogens with zero attached hydrogens (tertiary/aromatic N) is 5. The van der Waals surface area contributed by atoms with Crippen molar-refractivity contribution in [2.75, 3.05) is 0 Å². The van der Waals surface area contributed by atoms with Crippen molar-refractivity contribution in [1.82, 2.24) is 25.0 Å². The van der Waals surface area contributed by atoms with Crippen LogP contribution in [0.25, 0.3) is 17.2 Å². The zero-order valence-corrected chi connectivity index (χ0v) is 11.5. The van der Waals surface area contributed by atoms with Crippen LogP contribution in [-0.4, -0.2) is 25.0 Å². The van der Waals surface area contributed by atoms with Crippen LogP contribution >= 0.6 is 11.6 Å². The van der Waals surface area contributed by atoms with E-state index in [-0.39, 0.29) is 11.6 Å². The van der Waals surface area contributed by atoms with Crippen molar-refractivity contribution in [3.63, 3.8) is 0 Å². The van der Waals surface area contributed by atoms with Gasteiger partial charge in [-0.05, 0) is 36.4 Å². The molecule has 9 heteroatoms. The van der Waals surface area contributed by atoms with E-state index in [1.807, 2.05) is 0 Å². The number of rotatable bonds is 2. The molecule has 3 aromatic rings. The topological polar surface area (TPSA) is 56.5 Å². The average Bonchev–Trinajstić information content (AvgIpc) is 2.94. The summed E-state index contributed by atoms with van der Waals surface area (Å²) >= 11 is 5.79. The minimum atomic E-state index is -4.66. The standard InChI is InChI=1S/C13H7ClF3N5/c14-9-5-3-8(4-6-9)11-19-12(13(15,16)17)21-22(11)10-2-1-7-18-20-10/h1-7H. The molecule has 0 bridgehead atoms. The van der Waals surface area contributed by atoms with Crippen LogP contribution in [-0.2, 0) is 6.18 Å². The SMILES string of the molecule is FC(F)(F)c1nc(-c2ccc(Cl)cc2)n(-c2cccnn2)n1. The van der Waals surface area contributed by atoms with E-state index in [0.717, 1.165) is 4.68 Å². The van der Waals surface area contributed by atoms with Gasteiger partial charge in [-0.3, -0.25) is 0 Å². The third-order valence-electron chi connectivity index (χ3n) is 2.74. The highest BCUT2D eigenvalue weighted by Gasteiger charge is 2.37. The van der Waals surface area contributed by atoms with E-state index in [2.05, 4.69) is 20.3 Å². The van der Waals surface area contributed by atoms with Crippen molar-refractivity contribution in [3.05, 3.63) is 53.4 Å². The molecule has 3 rings (SSSR count). The largest absolute Gasteiger partial charge is 0.453 e. The van der Waals surface area contributed by atoms with Crippen LogP contribution in [0.3, 0.4) is 0 Å². The lowest BCUT2D eigenvalue weighted by Crippen LogP contribution is -2.09. The summed E-state index contributed by atoms with van der Waals surface area (Å²) in [7, 11) is 0. The summed E-state index contributed by atoms with van der Waals surface area (Å²) in [6.45, 7) is 0. The predicted octanol–water partition coefficient (Wildman–Crippen LogP) is 3.40. The summed E-state index contributed by atoms with van der Waals surface area (Å²) in [5, 5.41) is 11.4. The van der Waals surface area contributed by atoms with E-state index >= 15 is 0 Å². The number of hydrogen-bond donors (Lipinski definition) is 0. The fourth-order valence-electron chi connectivity index (χ4n) is 1.78. The van der Waals surface area contributed by atoms with E-state index in [9.17, 15) is 13.2 Å². The average molecular weight is 326 g/mol. The molecule has 5 nitrogen and oxygen atoms in total. The molecule has 2 aromatic heterocycles. The molecule has 0 atom stereocenters. The first-order valence-corrected chi connectivity index (χ1v) is 6.41. The molecule has 1 aromatic carbocycles. The molecule has 0 radical (unpaired) electrons. The Bertz CT molecular complexity index is 784. The van der Waals surface area contributed by atoms with Crippen molar-refractivity contribution >= 4 is 11.6 Å². The lowest BCUT2D eigenvalue weighted by atomic mass is 10.2. The summed E-state index contributed by atoms with van der Waals surface area (Å²) in [6, 6.07) is 9.25. The minimum absolute atomic E-state index is 0.00416. The molecule has 0 unspecified atom stereocenters. The van der Waals surface area contributed by atoms with E-state index in [4.69, 9.17) is 11.6 Å². The first-order valence-electron chi connectivity index (χ1n) is 6.03. The second kappa shape index (κ2) is 5.38. The van der Waals surface area contributed by atoms with Gasteiger partial charge in [0.15, 0.2) is 11.6 Å². The van der Waals surface area contributed by atoms with Crippen LogP contribution < -0.4 is 0 Å². The first-order chi connectivity index (χ1) is 10.4. The van der Waals surface area contributed by atoms with Gasteiger partial charge in [0.05, 0.1) is 0 Å². The maximum absolute atomic E-state index is 12.9. The second-order valence-electron chi connectivity index (χ2n) is 4.26. The van der Waals surface area contributed by atoms with Crippen molar-refractivity contribution in [3.8, 4) is 17.2 Å². The highest BCUT2D eigenvalue weighted by atomic mass is 35.5. The molecule has 0 spiro atoms. The summed E-state index contributed by atoms with van der Waals surface area (Å²) in [6.07, 6.45) is -3.25. The smallest absolute Gasteiger partial charge is 0.203 e. The predicted molar refractivity (Wildman–Crippen MR) is 72.4 cm³/mol. The molecule has 0 saturated carbocycles. The lowest BCUT2D eigenvalue weighted by Gasteiger charge is -2.03. The summed E-state index contributed by atoms with van der Waals surface area (Å²) < 4.78 is 39.6. The number of halogens is 4. The van der Waals surface area contributed by atoms with Crippen molar-refractivity contribution in [1.29, 1.82) is 0 Å². The Morgan fingerprint density at radius 3 is 2.36 bits per heavy atom. The van der Waals surface area contributed by atoms with Gasteiger partial charge in [-0.1, -0.05) is 11.6 Å². The van der Waals surface area contributed by atoms with Crippen LogP contribution in [0.1, 0.15) is 5.82 Å². The van der Waals surface area contributed by atoms with Crippen molar-refractivity contribution in [2.24, 2.45) is 0 Å². The van der Waals surface area contributed by atoms with Gasteiger partial charge in [0.2, 0.25) is 0 Å². The molecule has 0 amide bonds. The van der Waals surface area contributed by atoms with Gasteiger partial charge in [0, 0.05) is 16.8 Å².